The van der Waals surface area contributed by atoms with E-state index < -0.39 is 0 Å². The minimum absolute atomic E-state index is 0.284. The molecule has 0 bridgehead atoms. The highest BCUT2D eigenvalue weighted by Gasteiger charge is 2.16. The summed E-state index contributed by atoms with van der Waals surface area (Å²) in [6.45, 7) is 1.90. The fraction of sp³-hybridized carbons (Fsp3) is 0.143. The molecule has 0 aromatic heterocycles. The third kappa shape index (κ3) is 2.53. The van der Waals surface area contributed by atoms with Crippen LogP contribution >= 0.6 is 11.6 Å². The maximum atomic E-state index is 13.8. The van der Waals surface area contributed by atoms with E-state index in [1.165, 1.54) is 6.07 Å². The average molecular weight is 265 g/mol. The first-order valence-corrected chi connectivity index (χ1v) is 5.98. The SMILES string of the molecule is Cc1cc(C(NN)c2ccccc2F)ccc1Cl. The third-order valence-electron chi connectivity index (χ3n) is 2.90. The molecule has 3 N–H and O–H groups in total. The first kappa shape index (κ1) is 13.0. The smallest absolute Gasteiger partial charge is 0.128 e. The van der Waals surface area contributed by atoms with Gasteiger partial charge in [0.05, 0.1) is 6.04 Å². The van der Waals surface area contributed by atoms with Gasteiger partial charge in [-0.3, -0.25) is 5.84 Å². The second kappa shape index (κ2) is 5.48. The molecule has 2 rings (SSSR count). The van der Waals surface area contributed by atoms with Crippen LogP contribution in [0.2, 0.25) is 5.02 Å². The van der Waals surface area contributed by atoms with E-state index in [-0.39, 0.29) is 11.9 Å². The van der Waals surface area contributed by atoms with Crippen molar-refractivity contribution in [2.24, 2.45) is 5.84 Å². The molecule has 0 aliphatic carbocycles. The van der Waals surface area contributed by atoms with E-state index in [2.05, 4.69) is 5.43 Å². The molecule has 4 heteroatoms. The second-order valence-electron chi connectivity index (χ2n) is 4.13. The molecule has 0 radical (unpaired) electrons. The fourth-order valence-corrected chi connectivity index (χ4v) is 2.04. The molecule has 0 aliphatic heterocycles. The highest BCUT2D eigenvalue weighted by Crippen LogP contribution is 2.26. The third-order valence-corrected chi connectivity index (χ3v) is 3.32. The number of benzene rings is 2. The maximum Gasteiger partial charge on any atom is 0.128 e. The molecular formula is C14H14ClFN2. The molecule has 0 heterocycles. The summed E-state index contributed by atoms with van der Waals surface area (Å²) in [5.74, 6) is 5.26. The standard InChI is InChI=1S/C14H14ClFN2/c1-9-8-10(6-7-12(9)15)14(18-17)11-4-2-3-5-13(11)16/h2-8,14,18H,17H2,1H3. The minimum Gasteiger partial charge on any atom is -0.271 e. The zero-order valence-electron chi connectivity index (χ0n) is 9.95. The van der Waals surface area contributed by atoms with Crippen LogP contribution < -0.4 is 11.3 Å². The van der Waals surface area contributed by atoms with Crippen LogP contribution in [0.5, 0.6) is 0 Å². The molecule has 0 aliphatic rings. The van der Waals surface area contributed by atoms with Gasteiger partial charge in [0, 0.05) is 10.6 Å². The molecular weight excluding hydrogens is 251 g/mol. The summed E-state index contributed by atoms with van der Waals surface area (Å²) in [6.07, 6.45) is 0. The van der Waals surface area contributed by atoms with Crippen LogP contribution in [0.15, 0.2) is 42.5 Å². The number of hydrogen-bond donors (Lipinski definition) is 2. The highest BCUT2D eigenvalue weighted by atomic mass is 35.5. The van der Waals surface area contributed by atoms with Gasteiger partial charge in [-0.2, -0.15) is 0 Å². The van der Waals surface area contributed by atoms with E-state index in [9.17, 15) is 4.39 Å². The van der Waals surface area contributed by atoms with E-state index >= 15 is 0 Å². The predicted molar refractivity (Wildman–Crippen MR) is 71.8 cm³/mol. The summed E-state index contributed by atoms with van der Waals surface area (Å²) in [5.41, 5.74) is 4.97. The van der Waals surface area contributed by atoms with E-state index in [1.54, 1.807) is 24.3 Å². The summed E-state index contributed by atoms with van der Waals surface area (Å²) in [5, 5.41) is 0.683. The summed E-state index contributed by atoms with van der Waals surface area (Å²) >= 11 is 5.98. The summed E-state index contributed by atoms with van der Waals surface area (Å²) in [6, 6.07) is 11.7. The summed E-state index contributed by atoms with van der Waals surface area (Å²) in [7, 11) is 0. The van der Waals surface area contributed by atoms with E-state index in [0.717, 1.165) is 11.1 Å². The molecule has 0 fully saturated rings. The fourth-order valence-electron chi connectivity index (χ4n) is 1.92. The van der Waals surface area contributed by atoms with Gasteiger partial charge in [-0.15, -0.1) is 0 Å². The monoisotopic (exact) mass is 264 g/mol. The number of rotatable bonds is 3. The van der Waals surface area contributed by atoms with Gasteiger partial charge >= 0.3 is 0 Å². The average Bonchev–Trinajstić information content (AvgIpc) is 2.37. The van der Waals surface area contributed by atoms with Gasteiger partial charge in [-0.05, 0) is 30.2 Å². The van der Waals surface area contributed by atoms with Crippen LogP contribution in [-0.2, 0) is 0 Å². The lowest BCUT2D eigenvalue weighted by atomic mass is 9.97. The van der Waals surface area contributed by atoms with E-state index in [0.29, 0.717) is 10.6 Å². The summed E-state index contributed by atoms with van der Waals surface area (Å²) < 4.78 is 13.8. The van der Waals surface area contributed by atoms with Crippen molar-refractivity contribution in [3.8, 4) is 0 Å². The Labute approximate surface area is 111 Å². The number of aryl methyl sites for hydroxylation is 1. The van der Waals surface area contributed by atoms with Gasteiger partial charge < -0.3 is 0 Å². The molecule has 2 aromatic rings. The maximum absolute atomic E-state index is 13.8. The lowest BCUT2D eigenvalue weighted by Gasteiger charge is -2.18. The van der Waals surface area contributed by atoms with Crippen LogP contribution in [0.3, 0.4) is 0 Å². The van der Waals surface area contributed by atoms with Gasteiger partial charge in [-0.1, -0.05) is 41.9 Å². The molecule has 1 atom stereocenters. The van der Waals surface area contributed by atoms with Crippen molar-refractivity contribution in [3.63, 3.8) is 0 Å². The van der Waals surface area contributed by atoms with Crippen molar-refractivity contribution in [1.29, 1.82) is 0 Å². The Balaban J connectivity index is 2.45. The Kier molecular flexibility index (Phi) is 3.97. The van der Waals surface area contributed by atoms with Crippen molar-refractivity contribution in [3.05, 3.63) is 70.0 Å². The Morgan fingerprint density at radius 2 is 1.94 bits per heavy atom. The minimum atomic E-state index is -0.387. The normalized spacial score (nSPS) is 12.4. The molecule has 2 nitrogen and oxygen atoms in total. The van der Waals surface area contributed by atoms with Crippen LogP contribution in [0.1, 0.15) is 22.7 Å². The van der Waals surface area contributed by atoms with Gasteiger partial charge in [0.25, 0.3) is 0 Å². The molecule has 0 saturated heterocycles. The van der Waals surface area contributed by atoms with Crippen molar-refractivity contribution in [2.75, 3.05) is 0 Å². The quantitative estimate of drug-likeness (QED) is 0.659. The number of hydrazine groups is 1. The Morgan fingerprint density at radius 3 is 2.56 bits per heavy atom. The molecule has 2 aromatic carbocycles. The van der Waals surface area contributed by atoms with Gasteiger partial charge in [-0.25, -0.2) is 9.82 Å². The van der Waals surface area contributed by atoms with Gasteiger partial charge in [0.15, 0.2) is 0 Å². The molecule has 0 amide bonds. The molecule has 0 saturated carbocycles. The lowest BCUT2D eigenvalue weighted by molar-refractivity contribution is 0.560. The Hall–Kier alpha value is -1.42. The predicted octanol–water partition coefficient (Wildman–Crippen LogP) is 3.34. The van der Waals surface area contributed by atoms with Gasteiger partial charge in [0.2, 0.25) is 0 Å². The molecule has 0 spiro atoms. The van der Waals surface area contributed by atoms with Crippen molar-refractivity contribution < 1.29 is 4.39 Å². The van der Waals surface area contributed by atoms with Gasteiger partial charge in [0.1, 0.15) is 5.82 Å². The van der Waals surface area contributed by atoms with Crippen LogP contribution in [0, 0.1) is 12.7 Å². The number of nitrogens with two attached hydrogens (primary N) is 1. The van der Waals surface area contributed by atoms with Crippen LogP contribution in [0.4, 0.5) is 4.39 Å². The van der Waals surface area contributed by atoms with Crippen LogP contribution in [0.25, 0.3) is 0 Å². The van der Waals surface area contributed by atoms with Crippen molar-refractivity contribution in [1.82, 2.24) is 5.43 Å². The number of hydrogen-bond acceptors (Lipinski definition) is 2. The molecule has 1 unspecified atom stereocenters. The Bertz CT molecular complexity index is 557. The number of halogens is 2. The molecule has 94 valence electrons. The van der Waals surface area contributed by atoms with E-state index in [4.69, 9.17) is 17.4 Å². The zero-order chi connectivity index (χ0) is 13.1. The number of nitrogens with one attached hydrogen (secondary N) is 1. The first-order valence-electron chi connectivity index (χ1n) is 5.60. The van der Waals surface area contributed by atoms with Crippen LogP contribution in [-0.4, -0.2) is 0 Å². The van der Waals surface area contributed by atoms with Crippen molar-refractivity contribution >= 4 is 11.6 Å². The van der Waals surface area contributed by atoms with E-state index in [1.807, 2.05) is 19.1 Å². The summed E-state index contributed by atoms with van der Waals surface area (Å²) in [4.78, 5) is 0. The van der Waals surface area contributed by atoms with Crippen molar-refractivity contribution in [2.45, 2.75) is 13.0 Å². The zero-order valence-corrected chi connectivity index (χ0v) is 10.7. The Morgan fingerprint density at radius 1 is 1.22 bits per heavy atom. The second-order valence-corrected chi connectivity index (χ2v) is 4.54. The largest absolute Gasteiger partial charge is 0.271 e. The highest BCUT2D eigenvalue weighted by molar-refractivity contribution is 6.31. The topological polar surface area (TPSA) is 38.0 Å². The first-order chi connectivity index (χ1) is 8.63. The molecule has 18 heavy (non-hydrogen) atoms. The lowest BCUT2D eigenvalue weighted by Crippen LogP contribution is -2.29.